The van der Waals surface area contributed by atoms with E-state index in [-0.39, 0.29) is 11.9 Å². The summed E-state index contributed by atoms with van der Waals surface area (Å²) in [5, 5.41) is 5.25. The van der Waals surface area contributed by atoms with Crippen molar-refractivity contribution < 1.29 is 9.53 Å². The number of nitrogens with one attached hydrogen (secondary N) is 1. The smallest absolute Gasteiger partial charge is 0.187 e. The lowest BCUT2D eigenvalue weighted by atomic mass is 10.1. The lowest BCUT2D eigenvalue weighted by Crippen LogP contribution is -2.43. The zero-order valence-electron chi connectivity index (χ0n) is 10.1. The first-order valence-electron chi connectivity index (χ1n) is 6.22. The number of ketones is 1. The standard InChI is InChI=1S/C15H15NO2/c17-13-10-16-9-8-15(13)18-14-7-3-5-11-4-1-2-6-12(11)14/h1-7,15-16H,8-10H2. The summed E-state index contributed by atoms with van der Waals surface area (Å²) < 4.78 is 5.89. The average Bonchev–Trinajstić information content (AvgIpc) is 2.42. The summed E-state index contributed by atoms with van der Waals surface area (Å²) in [5.74, 6) is 0.933. The van der Waals surface area contributed by atoms with Crippen molar-refractivity contribution in [2.75, 3.05) is 13.1 Å². The van der Waals surface area contributed by atoms with Gasteiger partial charge in [-0.05, 0) is 18.0 Å². The second-order valence-electron chi connectivity index (χ2n) is 4.52. The maximum Gasteiger partial charge on any atom is 0.187 e. The van der Waals surface area contributed by atoms with E-state index in [1.54, 1.807) is 0 Å². The Hall–Kier alpha value is -1.87. The Labute approximate surface area is 106 Å². The van der Waals surface area contributed by atoms with E-state index in [4.69, 9.17) is 4.74 Å². The van der Waals surface area contributed by atoms with Crippen LogP contribution in [0.25, 0.3) is 10.8 Å². The van der Waals surface area contributed by atoms with Crippen molar-refractivity contribution in [3.63, 3.8) is 0 Å². The molecule has 92 valence electrons. The third-order valence-corrected chi connectivity index (χ3v) is 3.26. The largest absolute Gasteiger partial charge is 0.482 e. The van der Waals surface area contributed by atoms with Crippen molar-refractivity contribution in [3.8, 4) is 5.75 Å². The van der Waals surface area contributed by atoms with Gasteiger partial charge < -0.3 is 10.1 Å². The number of carbonyl (C=O) groups excluding carboxylic acids is 1. The molecule has 1 aliphatic rings. The lowest BCUT2D eigenvalue weighted by Gasteiger charge is -2.23. The zero-order valence-corrected chi connectivity index (χ0v) is 10.1. The van der Waals surface area contributed by atoms with Crippen molar-refractivity contribution in [1.82, 2.24) is 5.32 Å². The second-order valence-corrected chi connectivity index (χ2v) is 4.52. The molecule has 1 saturated heterocycles. The fourth-order valence-electron chi connectivity index (χ4n) is 2.30. The molecule has 0 radical (unpaired) electrons. The minimum Gasteiger partial charge on any atom is -0.482 e. The highest BCUT2D eigenvalue weighted by Crippen LogP contribution is 2.26. The van der Waals surface area contributed by atoms with Crippen LogP contribution in [0.3, 0.4) is 0 Å². The van der Waals surface area contributed by atoms with Gasteiger partial charge in [-0.1, -0.05) is 36.4 Å². The second kappa shape index (κ2) is 4.78. The van der Waals surface area contributed by atoms with Gasteiger partial charge >= 0.3 is 0 Å². The Morgan fingerprint density at radius 1 is 1.11 bits per heavy atom. The van der Waals surface area contributed by atoms with Crippen LogP contribution in [0.2, 0.25) is 0 Å². The number of rotatable bonds is 2. The fraction of sp³-hybridized carbons (Fsp3) is 0.267. The predicted octanol–water partition coefficient (Wildman–Crippen LogP) is 2.15. The van der Waals surface area contributed by atoms with Crippen molar-refractivity contribution in [2.24, 2.45) is 0 Å². The van der Waals surface area contributed by atoms with Gasteiger partial charge in [-0.3, -0.25) is 4.79 Å². The van der Waals surface area contributed by atoms with Crippen LogP contribution in [0, 0.1) is 0 Å². The third-order valence-electron chi connectivity index (χ3n) is 3.26. The maximum absolute atomic E-state index is 11.7. The van der Waals surface area contributed by atoms with Crippen LogP contribution in [0.5, 0.6) is 5.75 Å². The zero-order chi connectivity index (χ0) is 12.4. The Morgan fingerprint density at radius 2 is 1.94 bits per heavy atom. The molecule has 1 unspecified atom stereocenters. The molecular formula is C15H15NO2. The molecule has 3 nitrogen and oxygen atoms in total. The van der Waals surface area contributed by atoms with Crippen molar-refractivity contribution in [2.45, 2.75) is 12.5 Å². The number of carbonyl (C=O) groups is 1. The summed E-state index contributed by atoms with van der Waals surface area (Å²) in [7, 11) is 0. The van der Waals surface area contributed by atoms with Crippen molar-refractivity contribution >= 4 is 16.6 Å². The number of fused-ring (bicyclic) bond motifs is 1. The van der Waals surface area contributed by atoms with Crippen molar-refractivity contribution in [1.29, 1.82) is 0 Å². The summed E-state index contributed by atoms with van der Waals surface area (Å²) >= 11 is 0. The van der Waals surface area contributed by atoms with Crippen LogP contribution < -0.4 is 10.1 Å². The van der Waals surface area contributed by atoms with E-state index in [0.29, 0.717) is 6.54 Å². The number of ether oxygens (including phenoxy) is 1. The van der Waals surface area contributed by atoms with E-state index in [1.165, 1.54) is 0 Å². The first-order chi connectivity index (χ1) is 8.84. The first kappa shape index (κ1) is 11.2. The highest BCUT2D eigenvalue weighted by molar-refractivity contribution is 5.90. The van der Waals surface area contributed by atoms with Gasteiger partial charge in [0.2, 0.25) is 0 Å². The fourth-order valence-corrected chi connectivity index (χ4v) is 2.30. The Bertz CT molecular complexity index is 574. The molecule has 0 aromatic heterocycles. The van der Waals surface area contributed by atoms with Crippen LogP contribution in [0.4, 0.5) is 0 Å². The molecule has 1 atom stereocenters. The van der Waals surface area contributed by atoms with Crippen LogP contribution in [0.1, 0.15) is 6.42 Å². The van der Waals surface area contributed by atoms with Gasteiger partial charge in [0, 0.05) is 11.8 Å². The molecule has 0 saturated carbocycles. The van der Waals surface area contributed by atoms with E-state index in [2.05, 4.69) is 5.32 Å². The van der Waals surface area contributed by atoms with Crippen molar-refractivity contribution in [3.05, 3.63) is 42.5 Å². The highest BCUT2D eigenvalue weighted by Gasteiger charge is 2.23. The van der Waals surface area contributed by atoms with Crippen LogP contribution in [0.15, 0.2) is 42.5 Å². The molecule has 3 rings (SSSR count). The van der Waals surface area contributed by atoms with E-state index in [0.717, 1.165) is 29.5 Å². The molecule has 0 bridgehead atoms. The predicted molar refractivity (Wildman–Crippen MR) is 70.9 cm³/mol. The number of hydrogen-bond donors (Lipinski definition) is 1. The molecular weight excluding hydrogens is 226 g/mol. The maximum atomic E-state index is 11.7. The molecule has 0 aliphatic carbocycles. The molecule has 1 heterocycles. The number of Topliss-reactive ketones (excluding diaryl/α,β-unsaturated/α-hetero) is 1. The molecule has 1 fully saturated rings. The summed E-state index contributed by atoms with van der Waals surface area (Å²) in [4.78, 5) is 11.7. The molecule has 1 aliphatic heterocycles. The number of benzene rings is 2. The normalized spacial score (nSPS) is 20.0. The molecule has 18 heavy (non-hydrogen) atoms. The molecule has 0 spiro atoms. The Balaban J connectivity index is 1.92. The van der Waals surface area contributed by atoms with Crippen LogP contribution in [-0.4, -0.2) is 25.0 Å². The third kappa shape index (κ3) is 2.09. The number of piperidine rings is 1. The van der Waals surface area contributed by atoms with Gasteiger partial charge in [0.25, 0.3) is 0 Å². The minimum atomic E-state index is -0.308. The van der Waals surface area contributed by atoms with E-state index in [9.17, 15) is 4.79 Å². The van der Waals surface area contributed by atoms with Gasteiger partial charge in [0.15, 0.2) is 11.9 Å². The van der Waals surface area contributed by atoms with Gasteiger partial charge in [0.05, 0.1) is 6.54 Å². The Morgan fingerprint density at radius 3 is 2.83 bits per heavy atom. The highest BCUT2D eigenvalue weighted by atomic mass is 16.5. The topological polar surface area (TPSA) is 38.3 Å². The summed E-state index contributed by atoms with van der Waals surface area (Å²) in [6.45, 7) is 1.25. The molecule has 2 aromatic rings. The monoisotopic (exact) mass is 241 g/mol. The molecule has 1 N–H and O–H groups in total. The molecule has 2 aromatic carbocycles. The minimum absolute atomic E-state index is 0.134. The van der Waals surface area contributed by atoms with E-state index in [1.807, 2.05) is 42.5 Å². The Kier molecular flexibility index (Phi) is 2.99. The van der Waals surface area contributed by atoms with Crippen LogP contribution >= 0.6 is 0 Å². The number of hydrogen-bond acceptors (Lipinski definition) is 3. The lowest BCUT2D eigenvalue weighted by molar-refractivity contribution is -0.126. The van der Waals surface area contributed by atoms with Gasteiger partial charge in [-0.25, -0.2) is 0 Å². The average molecular weight is 241 g/mol. The quantitative estimate of drug-likeness (QED) is 0.875. The SMILES string of the molecule is O=C1CNCCC1Oc1cccc2ccccc12. The first-order valence-corrected chi connectivity index (χ1v) is 6.22. The van der Waals surface area contributed by atoms with E-state index < -0.39 is 0 Å². The van der Waals surface area contributed by atoms with Gasteiger partial charge in [-0.2, -0.15) is 0 Å². The van der Waals surface area contributed by atoms with Gasteiger partial charge in [0.1, 0.15) is 5.75 Å². The van der Waals surface area contributed by atoms with E-state index >= 15 is 0 Å². The molecule has 3 heteroatoms. The molecule has 0 amide bonds. The summed E-state index contributed by atoms with van der Waals surface area (Å²) in [5.41, 5.74) is 0. The summed E-state index contributed by atoms with van der Waals surface area (Å²) in [6, 6.07) is 14.0. The van der Waals surface area contributed by atoms with Crippen LogP contribution in [-0.2, 0) is 4.79 Å². The van der Waals surface area contributed by atoms with Gasteiger partial charge in [-0.15, -0.1) is 0 Å². The summed E-state index contributed by atoms with van der Waals surface area (Å²) in [6.07, 6.45) is 0.430.